The third kappa shape index (κ3) is 5.05. The normalized spacial score (nSPS) is 19.2. The molecule has 6 rings (SSSR count). The van der Waals surface area contributed by atoms with Crippen molar-refractivity contribution in [3.63, 3.8) is 0 Å². The average Bonchev–Trinajstić information content (AvgIpc) is 3.51. The molecular weight excluding hydrogens is 552 g/mol. The molecule has 0 spiro atoms. The zero-order valence-electron chi connectivity index (χ0n) is 24.3. The summed E-state index contributed by atoms with van der Waals surface area (Å²) in [5, 5.41) is 0.967. The highest BCUT2D eigenvalue weighted by Gasteiger charge is 2.34. The first-order valence-corrected chi connectivity index (χ1v) is 16.4. The van der Waals surface area contributed by atoms with Crippen molar-refractivity contribution in [2.45, 2.75) is 51.0 Å². The number of likely N-dealkylation sites (N-methyl/N-ethyl adjacent to an activating group) is 1. The molecule has 2 saturated heterocycles. The van der Waals surface area contributed by atoms with Crippen LogP contribution >= 0.6 is 0 Å². The number of nitrogens with zero attached hydrogens (tertiary/aromatic N) is 4. The van der Waals surface area contributed by atoms with E-state index in [2.05, 4.69) is 13.0 Å². The molecule has 0 N–H and O–H groups in total. The first-order chi connectivity index (χ1) is 20.3. The van der Waals surface area contributed by atoms with Crippen LogP contribution < -0.4 is 4.90 Å². The van der Waals surface area contributed by atoms with E-state index in [9.17, 15) is 18.0 Å². The number of hydrogen-bond acceptors (Lipinski definition) is 5. The van der Waals surface area contributed by atoms with Crippen LogP contribution in [0.5, 0.6) is 0 Å². The van der Waals surface area contributed by atoms with E-state index in [1.54, 1.807) is 23.1 Å². The van der Waals surface area contributed by atoms with Crippen LogP contribution in [-0.4, -0.2) is 79.9 Å². The largest absolute Gasteiger partial charge is 0.379 e. The summed E-state index contributed by atoms with van der Waals surface area (Å²) in [6.07, 6.45) is 7.88. The number of carbonyl (C=O) groups is 2. The van der Waals surface area contributed by atoms with Gasteiger partial charge in [0.2, 0.25) is 15.9 Å². The fourth-order valence-corrected chi connectivity index (χ4v) is 7.86. The van der Waals surface area contributed by atoms with E-state index in [-0.39, 0.29) is 23.3 Å². The molecule has 0 aliphatic carbocycles. The SMILES string of the molecule is CCc1cccc2c(/C=C3\C(=O)N(CC)c4ccc(S(=O)(=O)N5CCOCC5)cc43)cn(CC(=O)N3CCCCC3)c12. The predicted octanol–water partition coefficient (Wildman–Crippen LogP) is 4.14. The van der Waals surface area contributed by atoms with Crippen LogP contribution in [0.25, 0.3) is 22.6 Å². The Hall–Kier alpha value is -3.47. The van der Waals surface area contributed by atoms with Gasteiger partial charge in [-0.05, 0) is 62.4 Å². The predicted molar refractivity (Wildman–Crippen MR) is 164 cm³/mol. The lowest BCUT2D eigenvalue weighted by atomic mass is 10.0. The summed E-state index contributed by atoms with van der Waals surface area (Å²) in [6.45, 7) is 7.64. The number of amides is 2. The molecule has 9 nitrogen and oxygen atoms in total. The topological polar surface area (TPSA) is 92.2 Å². The number of aryl methyl sites for hydroxylation is 1. The molecule has 3 aliphatic rings. The Morgan fingerprint density at radius 3 is 2.48 bits per heavy atom. The molecule has 0 saturated carbocycles. The van der Waals surface area contributed by atoms with Gasteiger partial charge in [0.05, 0.1) is 29.3 Å². The van der Waals surface area contributed by atoms with Gasteiger partial charge < -0.3 is 19.1 Å². The lowest BCUT2D eigenvalue weighted by Gasteiger charge is -2.27. The summed E-state index contributed by atoms with van der Waals surface area (Å²) in [5.74, 6) is -0.0560. The second kappa shape index (κ2) is 11.7. The number of benzene rings is 2. The molecule has 2 fully saturated rings. The fraction of sp³-hybridized carbons (Fsp3) is 0.438. The van der Waals surface area contributed by atoms with Crippen LogP contribution in [0, 0.1) is 0 Å². The molecule has 2 aromatic carbocycles. The summed E-state index contributed by atoms with van der Waals surface area (Å²) >= 11 is 0. The van der Waals surface area contributed by atoms with Gasteiger partial charge >= 0.3 is 0 Å². The fourth-order valence-electron chi connectivity index (χ4n) is 6.42. The standard InChI is InChI=1S/C32H38N4O5S/c1-3-23-9-8-10-26-24(21-34(31(23)26)22-30(37)33-13-6-5-7-14-33)19-28-27-20-25(11-12-29(27)36(4-2)32(28)38)42(39,40)35-15-17-41-18-16-35/h8-12,19-21H,3-7,13-18,22H2,1-2H3/b28-19-. The van der Waals surface area contributed by atoms with Crippen LogP contribution in [0.4, 0.5) is 5.69 Å². The Kier molecular flexibility index (Phi) is 7.95. The summed E-state index contributed by atoms with van der Waals surface area (Å²) < 4.78 is 35.8. The molecule has 0 atom stereocenters. The van der Waals surface area contributed by atoms with Crippen molar-refractivity contribution in [2.75, 3.05) is 50.8 Å². The van der Waals surface area contributed by atoms with Gasteiger partial charge in [-0.25, -0.2) is 8.42 Å². The summed E-state index contributed by atoms with van der Waals surface area (Å²) in [6, 6.07) is 11.1. The van der Waals surface area contributed by atoms with E-state index >= 15 is 0 Å². The molecule has 0 bridgehead atoms. The molecular formula is C32H38N4O5S. The molecule has 3 aromatic rings. The number of sulfonamides is 1. The van der Waals surface area contributed by atoms with Crippen LogP contribution in [-0.2, 0) is 37.3 Å². The Labute approximate surface area is 247 Å². The van der Waals surface area contributed by atoms with Crippen LogP contribution in [0.15, 0.2) is 47.5 Å². The van der Waals surface area contributed by atoms with Gasteiger partial charge in [-0.3, -0.25) is 9.59 Å². The number of fused-ring (bicyclic) bond motifs is 2. The minimum absolute atomic E-state index is 0.106. The molecule has 3 aliphatic heterocycles. The highest BCUT2D eigenvalue weighted by Crippen LogP contribution is 2.40. The van der Waals surface area contributed by atoms with E-state index in [4.69, 9.17) is 4.74 Å². The zero-order chi connectivity index (χ0) is 29.4. The number of likely N-dealkylation sites (tertiary alicyclic amines) is 1. The lowest BCUT2D eigenvalue weighted by molar-refractivity contribution is -0.132. The molecule has 222 valence electrons. The van der Waals surface area contributed by atoms with Gasteiger partial charge in [-0.1, -0.05) is 25.1 Å². The first-order valence-electron chi connectivity index (χ1n) is 15.0. The summed E-state index contributed by atoms with van der Waals surface area (Å²) in [7, 11) is -3.74. The van der Waals surface area contributed by atoms with Crippen LogP contribution in [0.1, 0.15) is 49.8 Å². The number of aromatic nitrogens is 1. The zero-order valence-corrected chi connectivity index (χ0v) is 25.2. The van der Waals surface area contributed by atoms with Crippen LogP contribution in [0.3, 0.4) is 0 Å². The maximum atomic E-state index is 13.7. The maximum Gasteiger partial charge on any atom is 0.258 e. The van der Waals surface area contributed by atoms with Crippen molar-refractivity contribution >= 4 is 50.1 Å². The minimum Gasteiger partial charge on any atom is -0.379 e. The smallest absolute Gasteiger partial charge is 0.258 e. The van der Waals surface area contributed by atoms with Gasteiger partial charge in [0.15, 0.2) is 0 Å². The number of piperidine rings is 1. The van der Waals surface area contributed by atoms with Gasteiger partial charge in [0, 0.05) is 61.0 Å². The molecule has 1 aromatic heterocycles. The van der Waals surface area contributed by atoms with Crippen LogP contribution in [0.2, 0.25) is 0 Å². The minimum atomic E-state index is -3.74. The Morgan fingerprint density at radius 2 is 1.76 bits per heavy atom. The number of para-hydroxylation sites is 1. The number of hydrogen-bond donors (Lipinski definition) is 0. The maximum absolute atomic E-state index is 13.7. The van der Waals surface area contributed by atoms with Gasteiger partial charge in [0.1, 0.15) is 6.54 Å². The van der Waals surface area contributed by atoms with Crippen molar-refractivity contribution in [1.82, 2.24) is 13.8 Å². The number of anilines is 1. The molecule has 42 heavy (non-hydrogen) atoms. The molecule has 2 amide bonds. The van der Waals surface area contributed by atoms with E-state index in [1.165, 1.54) is 4.31 Å². The second-order valence-corrected chi connectivity index (χ2v) is 13.1. The van der Waals surface area contributed by atoms with Crippen molar-refractivity contribution in [2.24, 2.45) is 0 Å². The lowest BCUT2D eigenvalue weighted by Crippen LogP contribution is -2.40. The molecule has 4 heterocycles. The Morgan fingerprint density at radius 1 is 1.00 bits per heavy atom. The van der Waals surface area contributed by atoms with E-state index < -0.39 is 10.0 Å². The molecule has 10 heteroatoms. The third-order valence-corrected chi connectivity index (χ3v) is 10.6. The monoisotopic (exact) mass is 590 g/mol. The highest BCUT2D eigenvalue weighted by atomic mass is 32.2. The third-order valence-electron chi connectivity index (χ3n) is 8.66. The number of rotatable bonds is 7. The van der Waals surface area contributed by atoms with E-state index in [0.29, 0.717) is 49.7 Å². The quantitative estimate of drug-likeness (QED) is 0.386. The van der Waals surface area contributed by atoms with Crippen molar-refractivity contribution in [3.8, 4) is 0 Å². The van der Waals surface area contributed by atoms with Gasteiger partial charge in [-0.15, -0.1) is 0 Å². The van der Waals surface area contributed by atoms with Crippen molar-refractivity contribution in [3.05, 3.63) is 59.3 Å². The van der Waals surface area contributed by atoms with E-state index in [1.807, 2.05) is 40.8 Å². The average molecular weight is 591 g/mol. The van der Waals surface area contributed by atoms with E-state index in [0.717, 1.165) is 60.8 Å². The highest BCUT2D eigenvalue weighted by molar-refractivity contribution is 7.89. The molecule has 0 unspecified atom stereocenters. The summed E-state index contributed by atoms with van der Waals surface area (Å²) in [4.78, 5) is 30.8. The summed E-state index contributed by atoms with van der Waals surface area (Å²) in [5.41, 5.74) is 4.73. The number of ether oxygens (including phenoxy) is 1. The van der Waals surface area contributed by atoms with Gasteiger partial charge in [-0.2, -0.15) is 4.31 Å². The van der Waals surface area contributed by atoms with Crippen molar-refractivity contribution in [1.29, 1.82) is 0 Å². The Bertz CT molecular complexity index is 1660. The number of carbonyl (C=O) groups excluding carboxylic acids is 2. The first kappa shape index (κ1) is 28.6. The number of morpholine rings is 1. The van der Waals surface area contributed by atoms with Crippen molar-refractivity contribution < 1.29 is 22.7 Å². The second-order valence-electron chi connectivity index (χ2n) is 11.1. The van der Waals surface area contributed by atoms with Gasteiger partial charge in [0.25, 0.3) is 5.91 Å². The Balaban J connectivity index is 1.44. The molecule has 0 radical (unpaired) electrons.